The van der Waals surface area contributed by atoms with Crippen LogP contribution in [0.1, 0.15) is 5.56 Å². The summed E-state index contributed by atoms with van der Waals surface area (Å²) in [6.45, 7) is 0.508. The molecule has 2 nitrogen and oxygen atoms in total. The highest BCUT2D eigenvalue weighted by Crippen LogP contribution is 2.18. The fourth-order valence-corrected chi connectivity index (χ4v) is 2.23. The Morgan fingerprint density at radius 1 is 1.11 bits per heavy atom. The minimum atomic E-state index is -0.244. The average molecular weight is 259 g/mol. The minimum absolute atomic E-state index is 0.244. The molecule has 1 heterocycles. The van der Waals surface area contributed by atoms with Crippen molar-refractivity contribution in [2.75, 3.05) is 0 Å². The van der Waals surface area contributed by atoms with Crippen LogP contribution in [-0.4, -0.2) is 4.57 Å². The van der Waals surface area contributed by atoms with E-state index < -0.39 is 0 Å². The van der Waals surface area contributed by atoms with E-state index in [-0.39, 0.29) is 5.82 Å². The highest BCUT2D eigenvalue weighted by molar-refractivity contribution is 7.71. The number of oxazole rings is 1. The zero-order valence-electron chi connectivity index (χ0n) is 9.47. The van der Waals surface area contributed by atoms with Gasteiger partial charge in [0.25, 0.3) is 4.84 Å². The first-order chi connectivity index (χ1) is 8.74. The first-order valence-corrected chi connectivity index (χ1v) is 5.98. The van der Waals surface area contributed by atoms with Gasteiger partial charge in [-0.15, -0.1) is 0 Å². The Hall–Kier alpha value is -1.94. The normalized spacial score (nSPS) is 10.9. The van der Waals surface area contributed by atoms with E-state index >= 15 is 0 Å². The molecule has 1 aromatic heterocycles. The first kappa shape index (κ1) is 11.2. The predicted octanol–water partition coefficient (Wildman–Crippen LogP) is 4.15. The van der Waals surface area contributed by atoms with E-state index in [4.69, 9.17) is 16.6 Å². The SMILES string of the molecule is Fc1cccc(Cn2c(=S)oc3ccccc32)c1. The van der Waals surface area contributed by atoms with Crippen LogP contribution in [0.4, 0.5) is 4.39 Å². The zero-order chi connectivity index (χ0) is 12.5. The number of para-hydroxylation sites is 2. The largest absolute Gasteiger partial charge is 0.429 e. The molecule has 0 amide bonds. The molecule has 0 N–H and O–H groups in total. The van der Waals surface area contributed by atoms with Gasteiger partial charge in [0.05, 0.1) is 12.1 Å². The number of nitrogens with zero attached hydrogens (tertiary/aromatic N) is 1. The lowest BCUT2D eigenvalue weighted by Crippen LogP contribution is -1.99. The Balaban J connectivity index is 2.10. The van der Waals surface area contributed by atoms with Crippen molar-refractivity contribution in [2.45, 2.75) is 6.54 Å². The minimum Gasteiger partial charge on any atom is -0.429 e. The monoisotopic (exact) mass is 259 g/mol. The third-order valence-electron chi connectivity index (χ3n) is 2.80. The maximum absolute atomic E-state index is 13.2. The molecule has 0 saturated heterocycles. The van der Waals surface area contributed by atoms with Gasteiger partial charge in [-0.05, 0) is 42.0 Å². The molecule has 18 heavy (non-hydrogen) atoms. The number of fused-ring (bicyclic) bond motifs is 1. The Morgan fingerprint density at radius 3 is 2.78 bits per heavy atom. The topological polar surface area (TPSA) is 18.1 Å². The van der Waals surface area contributed by atoms with E-state index in [0.717, 1.165) is 16.7 Å². The van der Waals surface area contributed by atoms with E-state index in [2.05, 4.69) is 0 Å². The van der Waals surface area contributed by atoms with E-state index in [1.54, 1.807) is 6.07 Å². The zero-order valence-corrected chi connectivity index (χ0v) is 10.3. The molecule has 0 bridgehead atoms. The molecule has 2 aromatic carbocycles. The molecule has 3 rings (SSSR count). The lowest BCUT2D eigenvalue weighted by molar-refractivity contribution is 0.547. The van der Waals surface area contributed by atoms with E-state index in [0.29, 0.717) is 11.4 Å². The van der Waals surface area contributed by atoms with Crippen LogP contribution in [0.2, 0.25) is 0 Å². The molecule has 0 spiro atoms. The van der Waals surface area contributed by atoms with Gasteiger partial charge in [0.1, 0.15) is 5.82 Å². The van der Waals surface area contributed by atoms with Crippen LogP contribution >= 0.6 is 12.2 Å². The average Bonchev–Trinajstić information content (AvgIpc) is 2.66. The number of halogens is 1. The molecule has 3 aromatic rings. The third kappa shape index (κ3) is 1.95. The van der Waals surface area contributed by atoms with Crippen molar-refractivity contribution in [2.24, 2.45) is 0 Å². The molecule has 0 fully saturated rings. The van der Waals surface area contributed by atoms with E-state index in [1.807, 2.05) is 34.9 Å². The summed E-state index contributed by atoms with van der Waals surface area (Å²) >= 11 is 5.19. The van der Waals surface area contributed by atoms with Crippen LogP contribution in [0.5, 0.6) is 0 Å². The van der Waals surface area contributed by atoms with Crippen LogP contribution in [-0.2, 0) is 6.54 Å². The smallest absolute Gasteiger partial charge is 0.269 e. The molecule has 0 aliphatic heterocycles. The van der Waals surface area contributed by atoms with Crippen molar-refractivity contribution in [3.8, 4) is 0 Å². The maximum Gasteiger partial charge on any atom is 0.269 e. The first-order valence-electron chi connectivity index (χ1n) is 5.57. The predicted molar refractivity (Wildman–Crippen MR) is 70.5 cm³/mol. The van der Waals surface area contributed by atoms with Gasteiger partial charge in [-0.3, -0.25) is 4.57 Å². The molecule has 0 unspecified atom stereocenters. The quantitative estimate of drug-likeness (QED) is 0.643. The molecule has 90 valence electrons. The lowest BCUT2D eigenvalue weighted by atomic mass is 10.2. The Kier molecular flexibility index (Phi) is 2.72. The van der Waals surface area contributed by atoms with Gasteiger partial charge in [-0.2, -0.15) is 0 Å². The van der Waals surface area contributed by atoms with Crippen molar-refractivity contribution in [1.29, 1.82) is 0 Å². The van der Waals surface area contributed by atoms with Gasteiger partial charge in [0.2, 0.25) is 0 Å². The molecule has 4 heteroatoms. The van der Waals surface area contributed by atoms with Gasteiger partial charge in [-0.1, -0.05) is 24.3 Å². The highest BCUT2D eigenvalue weighted by Gasteiger charge is 2.06. The van der Waals surface area contributed by atoms with Crippen LogP contribution in [0.25, 0.3) is 11.1 Å². The highest BCUT2D eigenvalue weighted by atomic mass is 32.1. The molecule has 0 aliphatic carbocycles. The van der Waals surface area contributed by atoms with Crippen LogP contribution < -0.4 is 0 Å². The van der Waals surface area contributed by atoms with Gasteiger partial charge in [0, 0.05) is 0 Å². The summed E-state index contributed by atoms with van der Waals surface area (Å²) in [6.07, 6.45) is 0. The number of benzene rings is 2. The van der Waals surface area contributed by atoms with E-state index in [9.17, 15) is 4.39 Å². The second-order valence-corrected chi connectivity index (χ2v) is 4.40. The lowest BCUT2D eigenvalue weighted by Gasteiger charge is -2.03. The second-order valence-electron chi connectivity index (χ2n) is 4.05. The Labute approximate surface area is 108 Å². The summed E-state index contributed by atoms with van der Waals surface area (Å²) < 4.78 is 20.5. The summed E-state index contributed by atoms with van der Waals surface area (Å²) in [5.74, 6) is -0.244. The number of hydrogen-bond acceptors (Lipinski definition) is 2. The van der Waals surface area contributed by atoms with Gasteiger partial charge in [-0.25, -0.2) is 4.39 Å². The fraction of sp³-hybridized carbons (Fsp3) is 0.0714. The molecule has 0 aliphatic rings. The van der Waals surface area contributed by atoms with Gasteiger partial charge < -0.3 is 4.42 Å². The number of hydrogen-bond donors (Lipinski definition) is 0. The van der Waals surface area contributed by atoms with Crippen LogP contribution in [0, 0.1) is 10.7 Å². The second kappa shape index (κ2) is 4.38. The molecular formula is C14H10FNOS. The summed E-state index contributed by atoms with van der Waals surface area (Å²) in [5, 5.41) is 0. The molecular weight excluding hydrogens is 249 g/mol. The van der Waals surface area contributed by atoms with Crippen LogP contribution in [0.3, 0.4) is 0 Å². The van der Waals surface area contributed by atoms with Crippen molar-refractivity contribution >= 4 is 23.3 Å². The van der Waals surface area contributed by atoms with Crippen molar-refractivity contribution in [1.82, 2.24) is 4.57 Å². The van der Waals surface area contributed by atoms with Gasteiger partial charge >= 0.3 is 0 Å². The third-order valence-corrected chi connectivity index (χ3v) is 3.11. The van der Waals surface area contributed by atoms with Crippen LogP contribution in [0.15, 0.2) is 52.9 Å². The molecule has 0 radical (unpaired) electrons. The van der Waals surface area contributed by atoms with Crippen molar-refractivity contribution in [3.05, 3.63) is 64.7 Å². The van der Waals surface area contributed by atoms with E-state index in [1.165, 1.54) is 12.1 Å². The Morgan fingerprint density at radius 2 is 1.94 bits per heavy atom. The summed E-state index contributed by atoms with van der Waals surface area (Å²) in [4.78, 5) is 0.403. The molecule has 0 atom stereocenters. The fourth-order valence-electron chi connectivity index (χ4n) is 1.98. The summed E-state index contributed by atoms with van der Waals surface area (Å²) in [6, 6.07) is 14.1. The van der Waals surface area contributed by atoms with Crippen molar-refractivity contribution < 1.29 is 8.81 Å². The number of aromatic nitrogens is 1. The number of rotatable bonds is 2. The standard InChI is InChI=1S/C14H10FNOS/c15-11-5-3-4-10(8-11)9-16-12-6-1-2-7-13(12)17-14(16)18/h1-8H,9H2. The summed E-state index contributed by atoms with van der Waals surface area (Å²) in [5.41, 5.74) is 2.53. The molecule has 0 saturated carbocycles. The Bertz CT molecular complexity index is 760. The van der Waals surface area contributed by atoms with Crippen molar-refractivity contribution in [3.63, 3.8) is 0 Å². The van der Waals surface area contributed by atoms with Gasteiger partial charge in [0.15, 0.2) is 5.58 Å². The maximum atomic E-state index is 13.2. The summed E-state index contributed by atoms with van der Waals surface area (Å²) in [7, 11) is 0.